The van der Waals surface area contributed by atoms with Crippen LogP contribution in [0, 0.1) is 5.92 Å². The van der Waals surface area contributed by atoms with Gasteiger partial charge in [0.25, 0.3) is 5.91 Å². The highest BCUT2D eigenvalue weighted by molar-refractivity contribution is 7.20. The van der Waals surface area contributed by atoms with Crippen molar-refractivity contribution in [2.24, 2.45) is 13.0 Å². The number of aryl methyl sites for hydroxylation is 1. The molecule has 0 radical (unpaired) electrons. The Bertz CT molecular complexity index is 762. The van der Waals surface area contributed by atoms with Crippen LogP contribution in [0.15, 0.2) is 6.07 Å². The van der Waals surface area contributed by atoms with E-state index in [-0.39, 0.29) is 5.91 Å². The fraction of sp³-hybridized carbons (Fsp3) is 0.562. The second kappa shape index (κ2) is 5.96. The molecule has 0 bridgehead atoms. The molecular formula is C16H21N3O3S. The van der Waals surface area contributed by atoms with E-state index >= 15 is 0 Å². The molecule has 1 saturated heterocycles. The van der Waals surface area contributed by atoms with Gasteiger partial charge in [-0.2, -0.15) is 5.10 Å². The first-order valence-electron chi connectivity index (χ1n) is 7.87. The van der Waals surface area contributed by atoms with Crippen LogP contribution in [0.5, 0.6) is 0 Å². The van der Waals surface area contributed by atoms with Crippen LogP contribution >= 0.6 is 11.3 Å². The number of aliphatic carboxylic acids is 1. The number of fused-ring (bicyclic) bond motifs is 1. The van der Waals surface area contributed by atoms with Gasteiger partial charge in [-0.1, -0.05) is 13.8 Å². The maximum atomic E-state index is 12.7. The summed E-state index contributed by atoms with van der Waals surface area (Å²) in [5.41, 5.74) is 1.000. The number of hydrogen-bond acceptors (Lipinski definition) is 4. The van der Waals surface area contributed by atoms with Crippen molar-refractivity contribution in [2.75, 3.05) is 13.1 Å². The minimum absolute atomic E-state index is 0.0631. The number of carbonyl (C=O) groups is 2. The minimum atomic E-state index is -0.815. The first kappa shape index (κ1) is 16.0. The highest BCUT2D eigenvalue weighted by atomic mass is 32.1. The van der Waals surface area contributed by atoms with Crippen molar-refractivity contribution in [1.82, 2.24) is 14.7 Å². The summed E-state index contributed by atoms with van der Waals surface area (Å²) < 4.78 is 1.82. The summed E-state index contributed by atoms with van der Waals surface area (Å²) in [7, 11) is 1.89. The number of carbonyl (C=O) groups excluding carboxylic acids is 1. The molecule has 1 N–H and O–H groups in total. The van der Waals surface area contributed by atoms with Gasteiger partial charge in [0.2, 0.25) is 0 Å². The predicted molar refractivity (Wildman–Crippen MR) is 88.9 cm³/mol. The van der Waals surface area contributed by atoms with Gasteiger partial charge in [0.05, 0.1) is 16.5 Å². The van der Waals surface area contributed by atoms with Gasteiger partial charge in [0.1, 0.15) is 4.83 Å². The van der Waals surface area contributed by atoms with Gasteiger partial charge in [-0.05, 0) is 24.8 Å². The molecule has 1 aliphatic rings. The summed E-state index contributed by atoms with van der Waals surface area (Å²) in [6, 6.07) is 1.91. The molecular weight excluding hydrogens is 314 g/mol. The number of carboxylic acids is 1. The lowest BCUT2D eigenvalue weighted by atomic mass is 9.98. The van der Waals surface area contributed by atoms with E-state index in [0.29, 0.717) is 30.3 Å². The third-order valence-electron chi connectivity index (χ3n) is 4.36. The van der Waals surface area contributed by atoms with Gasteiger partial charge < -0.3 is 10.0 Å². The Labute approximate surface area is 138 Å². The first-order valence-corrected chi connectivity index (χ1v) is 8.68. The van der Waals surface area contributed by atoms with Crippen LogP contribution < -0.4 is 0 Å². The van der Waals surface area contributed by atoms with E-state index in [2.05, 4.69) is 18.9 Å². The van der Waals surface area contributed by atoms with Crippen molar-refractivity contribution in [3.05, 3.63) is 16.6 Å². The highest BCUT2D eigenvalue weighted by Gasteiger charge is 2.30. The number of likely N-dealkylation sites (tertiary alicyclic amines) is 1. The number of carboxylic acid groups (broad SMARTS) is 1. The maximum Gasteiger partial charge on any atom is 0.308 e. The lowest BCUT2D eigenvalue weighted by molar-refractivity contribution is -0.143. The lowest BCUT2D eigenvalue weighted by Gasteiger charge is -2.30. The molecule has 1 unspecified atom stereocenters. The number of nitrogens with zero attached hydrogens (tertiary/aromatic N) is 3. The Balaban J connectivity index is 1.89. The van der Waals surface area contributed by atoms with Crippen LogP contribution in [-0.4, -0.2) is 44.8 Å². The SMILES string of the molecule is CC(C)c1nn(C)c2sc(C(=O)N3CCCC(C(=O)O)C3)cc12. The van der Waals surface area contributed by atoms with Crippen LogP contribution in [0.25, 0.3) is 10.2 Å². The Kier molecular flexibility index (Phi) is 4.14. The van der Waals surface area contributed by atoms with Crippen molar-refractivity contribution in [1.29, 1.82) is 0 Å². The normalized spacial score (nSPS) is 18.8. The zero-order chi connectivity index (χ0) is 16.7. The lowest BCUT2D eigenvalue weighted by Crippen LogP contribution is -2.42. The summed E-state index contributed by atoms with van der Waals surface area (Å²) >= 11 is 1.44. The van der Waals surface area contributed by atoms with Gasteiger partial charge in [-0.15, -0.1) is 11.3 Å². The van der Waals surface area contributed by atoms with Crippen LogP contribution in [0.4, 0.5) is 0 Å². The molecule has 3 rings (SSSR count). The quantitative estimate of drug-likeness (QED) is 0.936. The van der Waals surface area contributed by atoms with Gasteiger partial charge in [0.15, 0.2) is 0 Å². The third kappa shape index (κ3) is 2.85. The van der Waals surface area contributed by atoms with Crippen molar-refractivity contribution >= 4 is 33.4 Å². The summed E-state index contributed by atoms with van der Waals surface area (Å²) in [4.78, 5) is 27.3. The topological polar surface area (TPSA) is 75.4 Å². The Morgan fingerprint density at radius 1 is 1.43 bits per heavy atom. The van der Waals surface area contributed by atoms with Crippen molar-refractivity contribution < 1.29 is 14.7 Å². The molecule has 0 aromatic carbocycles. The zero-order valence-electron chi connectivity index (χ0n) is 13.6. The van der Waals surface area contributed by atoms with Crippen LogP contribution in [0.1, 0.15) is 48.0 Å². The molecule has 1 fully saturated rings. The molecule has 23 heavy (non-hydrogen) atoms. The monoisotopic (exact) mass is 335 g/mol. The average Bonchev–Trinajstić information content (AvgIpc) is 3.07. The van der Waals surface area contributed by atoms with Gasteiger partial charge in [0, 0.05) is 25.5 Å². The van der Waals surface area contributed by atoms with E-state index in [1.54, 1.807) is 4.90 Å². The largest absolute Gasteiger partial charge is 0.481 e. The molecule has 3 heterocycles. The van der Waals surface area contributed by atoms with Crippen molar-refractivity contribution in [2.45, 2.75) is 32.6 Å². The fourth-order valence-corrected chi connectivity index (χ4v) is 4.16. The van der Waals surface area contributed by atoms with E-state index in [9.17, 15) is 14.7 Å². The fourth-order valence-electron chi connectivity index (χ4n) is 3.12. The van der Waals surface area contributed by atoms with E-state index in [1.165, 1.54) is 11.3 Å². The van der Waals surface area contributed by atoms with Crippen molar-refractivity contribution in [3.63, 3.8) is 0 Å². The number of rotatable bonds is 3. The second-order valence-electron chi connectivity index (χ2n) is 6.42. The predicted octanol–water partition coefficient (Wildman–Crippen LogP) is 2.70. The number of piperidine rings is 1. The number of hydrogen-bond donors (Lipinski definition) is 1. The summed E-state index contributed by atoms with van der Waals surface area (Å²) in [6.07, 6.45) is 1.39. The van der Waals surface area contributed by atoms with E-state index in [0.717, 1.165) is 22.3 Å². The van der Waals surface area contributed by atoms with E-state index in [4.69, 9.17) is 0 Å². The Hall–Kier alpha value is -1.89. The molecule has 1 atom stereocenters. The average molecular weight is 335 g/mol. The Morgan fingerprint density at radius 3 is 2.83 bits per heavy atom. The molecule has 7 heteroatoms. The van der Waals surface area contributed by atoms with Gasteiger partial charge in [-0.25, -0.2) is 0 Å². The zero-order valence-corrected chi connectivity index (χ0v) is 14.4. The summed E-state index contributed by atoms with van der Waals surface area (Å²) in [5.74, 6) is -1.03. The molecule has 2 aromatic rings. The minimum Gasteiger partial charge on any atom is -0.481 e. The number of thiophene rings is 1. The molecule has 0 saturated carbocycles. The molecule has 124 valence electrons. The summed E-state index contributed by atoms with van der Waals surface area (Å²) in [5, 5.41) is 14.7. The standard InChI is InChI=1S/C16H21N3O3S/c1-9(2)13-11-7-12(23-15(11)18(3)17-13)14(20)19-6-4-5-10(8-19)16(21)22/h7,9-10H,4-6,8H2,1-3H3,(H,21,22). The molecule has 1 aliphatic heterocycles. The highest BCUT2D eigenvalue weighted by Crippen LogP contribution is 2.32. The van der Waals surface area contributed by atoms with Gasteiger partial charge >= 0.3 is 5.97 Å². The number of aromatic nitrogens is 2. The molecule has 1 amide bonds. The second-order valence-corrected chi connectivity index (χ2v) is 7.45. The maximum absolute atomic E-state index is 12.7. The van der Waals surface area contributed by atoms with E-state index < -0.39 is 11.9 Å². The summed E-state index contributed by atoms with van der Waals surface area (Å²) in [6.45, 7) is 5.11. The molecule has 6 nitrogen and oxygen atoms in total. The van der Waals surface area contributed by atoms with Crippen molar-refractivity contribution in [3.8, 4) is 0 Å². The van der Waals surface area contributed by atoms with Gasteiger partial charge in [-0.3, -0.25) is 14.3 Å². The third-order valence-corrected chi connectivity index (χ3v) is 5.55. The molecule has 0 spiro atoms. The smallest absolute Gasteiger partial charge is 0.308 e. The van der Waals surface area contributed by atoms with E-state index in [1.807, 2.05) is 17.8 Å². The Morgan fingerprint density at radius 2 is 2.17 bits per heavy atom. The van der Waals surface area contributed by atoms with Crippen LogP contribution in [0.3, 0.4) is 0 Å². The first-order chi connectivity index (χ1) is 10.9. The molecule has 2 aromatic heterocycles. The number of amides is 1. The van der Waals surface area contributed by atoms with Crippen LogP contribution in [-0.2, 0) is 11.8 Å². The molecule has 0 aliphatic carbocycles. The van der Waals surface area contributed by atoms with Crippen LogP contribution in [0.2, 0.25) is 0 Å².